The molecule has 2 rings (SSSR count). The molecule has 2 aromatic rings. The lowest BCUT2D eigenvalue weighted by Gasteiger charge is -2.14. The molecule has 0 fully saturated rings. The molecule has 1 aromatic heterocycles. The van der Waals surface area contributed by atoms with Gasteiger partial charge in [0.25, 0.3) is 0 Å². The number of hydrogen-bond donors (Lipinski definition) is 0. The fourth-order valence-electron chi connectivity index (χ4n) is 1.96. The van der Waals surface area contributed by atoms with Crippen molar-refractivity contribution >= 4 is 11.3 Å². The Balaban J connectivity index is 2.10. The van der Waals surface area contributed by atoms with E-state index in [0.29, 0.717) is 6.61 Å². The van der Waals surface area contributed by atoms with Crippen molar-refractivity contribution in [3.05, 3.63) is 34.7 Å². The minimum atomic E-state index is 0.0487. The Kier molecular flexibility index (Phi) is 5.01. The standard InChI is InChI=1S/C17H23NO2S/c1-12(10-19-5)20-14-8-6-13(7-9-14)15-11-21-16(18-15)17(2,3)4/h6-9,11-12H,10H2,1-5H3. The number of hydrogen-bond acceptors (Lipinski definition) is 4. The molecule has 0 aliphatic carbocycles. The van der Waals surface area contributed by atoms with E-state index in [1.54, 1.807) is 18.4 Å². The molecule has 114 valence electrons. The van der Waals surface area contributed by atoms with Crippen LogP contribution in [0.5, 0.6) is 5.75 Å². The molecule has 0 radical (unpaired) electrons. The third-order valence-corrected chi connectivity index (χ3v) is 4.30. The van der Waals surface area contributed by atoms with Gasteiger partial charge in [0.2, 0.25) is 0 Å². The van der Waals surface area contributed by atoms with E-state index in [9.17, 15) is 0 Å². The van der Waals surface area contributed by atoms with Gasteiger partial charge in [0.1, 0.15) is 11.9 Å². The summed E-state index contributed by atoms with van der Waals surface area (Å²) in [6.07, 6.45) is 0.0487. The third kappa shape index (κ3) is 4.29. The van der Waals surface area contributed by atoms with Crippen LogP contribution in [0.4, 0.5) is 0 Å². The summed E-state index contributed by atoms with van der Waals surface area (Å²) in [6, 6.07) is 8.07. The predicted octanol–water partition coefficient (Wildman–Crippen LogP) is 4.52. The molecular weight excluding hydrogens is 282 g/mol. The minimum Gasteiger partial charge on any atom is -0.488 e. The Morgan fingerprint density at radius 2 is 1.86 bits per heavy atom. The number of nitrogens with zero attached hydrogens (tertiary/aromatic N) is 1. The zero-order valence-corrected chi connectivity index (χ0v) is 14.2. The largest absolute Gasteiger partial charge is 0.488 e. The van der Waals surface area contributed by atoms with E-state index in [0.717, 1.165) is 22.0 Å². The third-order valence-electron chi connectivity index (χ3n) is 3.03. The van der Waals surface area contributed by atoms with E-state index in [2.05, 4.69) is 38.3 Å². The predicted molar refractivity (Wildman–Crippen MR) is 88.2 cm³/mol. The van der Waals surface area contributed by atoms with Crippen molar-refractivity contribution < 1.29 is 9.47 Å². The van der Waals surface area contributed by atoms with Gasteiger partial charge in [-0.2, -0.15) is 0 Å². The van der Waals surface area contributed by atoms with Gasteiger partial charge in [-0.1, -0.05) is 20.8 Å². The molecule has 0 spiro atoms. The van der Waals surface area contributed by atoms with Crippen molar-refractivity contribution in [2.75, 3.05) is 13.7 Å². The molecule has 0 aliphatic heterocycles. The Labute approximate surface area is 130 Å². The number of rotatable bonds is 5. The van der Waals surface area contributed by atoms with Crippen molar-refractivity contribution in [3.63, 3.8) is 0 Å². The highest BCUT2D eigenvalue weighted by atomic mass is 32.1. The highest BCUT2D eigenvalue weighted by Crippen LogP contribution is 2.30. The number of ether oxygens (including phenoxy) is 2. The second-order valence-corrected chi connectivity index (χ2v) is 7.05. The molecule has 0 bridgehead atoms. The van der Waals surface area contributed by atoms with Gasteiger partial charge in [-0.15, -0.1) is 11.3 Å². The fourth-order valence-corrected chi connectivity index (χ4v) is 2.87. The molecule has 0 amide bonds. The summed E-state index contributed by atoms with van der Waals surface area (Å²) in [4.78, 5) is 4.73. The maximum Gasteiger partial charge on any atom is 0.119 e. The van der Waals surface area contributed by atoms with Crippen molar-refractivity contribution in [1.29, 1.82) is 0 Å². The summed E-state index contributed by atoms with van der Waals surface area (Å²) in [7, 11) is 1.68. The second-order valence-electron chi connectivity index (χ2n) is 6.20. The van der Waals surface area contributed by atoms with Crippen LogP contribution in [0.1, 0.15) is 32.7 Å². The monoisotopic (exact) mass is 305 g/mol. The van der Waals surface area contributed by atoms with E-state index in [-0.39, 0.29) is 11.5 Å². The first-order chi connectivity index (χ1) is 9.90. The van der Waals surface area contributed by atoms with Gasteiger partial charge in [-0.25, -0.2) is 4.98 Å². The van der Waals surface area contributed by atoms with Gasteiger partial charge in [-0.3, -0.25) is 0 Å². The molecule has 3 nitrogen and oxygen atoms in total. The number of benzene rings is 1. The van der Waals surface area contributed by atoms with Gasteiger partial charge in [0.15, 0.2) is 0 Å². The lowest BCUT2D eigenvalue weighted by atomic mass is 9.98. The first-order valence-corrected chi connectivity index (χ1v) is 8.00. The quantitative estimate of drug-likeness (QED) is 0.814. The Morgan fingerprint density at radius 1 is 1.19 bits per heavy atom. The van der Waals surface area contributed by atoms with Gasteiger partial charge in [0.05, 0.1) is 17.3 Å². The highest BCUT2D eigenvalue weighted by molar-refractivity contribution is 7.10. The summed E-state index contributed by atoms with van der Waals surface area (Å²) in [6.45, 7) is 9.13. The van der Waals surface area contributed by atoms with Crippen LogP contribution in [-0.2, 0) is 10.2 Å². The van der Waals surface area contributed by atoms with Gasteiger partial charge < -0.3 is 9.47 Å². The zero-order chi connectivity index (χ0) is 15.5. The van der Waals surface area contributed by atoms with E-state index < -0.39 is 0 Å². The molecule has 0 saturated heterocycles. The van der Waals surface area contributed by atoms with Gasteiger partial charge in [-0.05, 0) is 31.2 Å². The van der Waals surface area contributed by atoms with Crippen molar-refractivity contribution in [1.82, 2.24) is 4.98 Å². The van der Waals surface area contributed by atoms with Gasteiger partial charge >= 0.3 is 0 Å². The Hall–Kier alpha value is -1.39. The molecule has 1 atom stereocenters. The SMILES string of the molecule is COCC(C)Oc1ccc(-c2csc(C(C)(C)C)n2)cc1. The normalized spacial score (nSPS) is 13.2. The minimum absolute atomic E-state index is 0.0487. The molecule has 0 saturated carbocycles. The van der Waals surface area contributed by atoms with Crippen LogP contribution in [0, 0.1) is 0 Å². The van der Waals surface area contributed by atoms with E-state index in [1.807, 2.05) is 19.1 Å². The maximum atomic E-state index is 5.76. The first kappa shape index (κ1) is 16.0. The molecule has 0 N–H and O–H groups in total. The van der Waals surface area contributed by atoms with Crippen molar-refractivity contribution in [2.24, 2.45) is 0 Å². The summed E-state index contributed by atoms with van der Waals surface area (Å²) in [5, 5.41) is 3.27. The lowest BCUT2D eigenvalue weighted by Crippen LogP contribution is -2.17. The topological polar surface area (TPSA) is 31.4 Å². The van der Waals surface area contributed by atoms with Crippen LogP contribution in [0.3, 0.4) is 0 Å². The molecule has 1 heterocycles. The molecule has 21 heavy (non-hydrogen) atoms. The Bertz CT molecular complexity index is 569. The van der Waals surface area contributed by atoms with Crippen LogP contribution >= 0.6 is 11.3 Å². The van der Waals surface area contributed by atoms with Crippen LogP contribution in [0.2, 0.25) is 0 Å². The maximum absolute atomic E-state index is 5.76. The summed E-state index contributed by atoms with van der Waals surface area (Å²) in [5.74, 6) is 0.856. The average Bonchev–Trinajstić information content (AvgIpc) is 2.89. The summed E-state index contributed by atoms with van der Waals surface area (Å²) < 4.78 is 10.8. The van der Waals surface area contributed by atoms with Crippen LogP contribution in [0.25, 0.3) is 11.3 Å². The van der Waals surface area contributed by atoms with E-state index in [1.165, 1.54) is 0 Å². The average molecular weight is 305 g/mol. The van der Waals surface area contributed by atoms with Gasteiger partial charge in [0, 0.05) is 23.5 Å². The van der Waals surface area contributed by atoms with Crippen LogP contribution in [0.15, 0.2) is 29.6 Å². The van der Waals surface area contributed by atoms with Crippen LogP contribution in [-0.4, -0.2) is 24.8 Å². The second kappa shape index (κ2) is 6.58. The number of aromatic nitrogens is 1. The van der Waals surface area contributed by atoms with E-state index in [4.69, 9.17) is 14.5 Å². The number of thiazole rings is 1. The fraction of sp³-hybridized carbons (Fsp3) is 0.471. The summed E-state index contributed by atoms with van der Waals surface area (Å²) >= 11 is 1.71. The first-order valence-electron chi connectivity index (χ1n) is 7.12. The van der Waals surface area contributed by atoms with Crippen LogP contribution < -0.4 is 4.74 Å². The molecule has 1 unspecified atom stereocenters. The smallest absolute Gasteiger partial charge is 0.119 e. The van der Waals surface area contributed by atoms with E-state index >= 15 is 0 Å². The summed E-state index contributed by atoms with van der Waals surface area (Å²) in [5.41, 5.74) is 2.25. The molecular formula is C17H23NO2S. The zero-order valence-electron chi connectivity index (χ0n) is 13.3. The van der Waals surface area contributed by atoms with Crippen molar-refractivity contribution in [2.45, 2.75) is 39.2 Å². The number of methoxy groups -OCH3 is 1. The lowest BCUT2D eigenvalue weighted by molar-refractivity contribution is 0.0921. The van der Waals surface area contributed by atoms with Crippen molar-refractivity contribution in [3.8, 4) is 17.0 Å². The highest BCUT2D eigenvalue weighted by Gasteiger charge is 2.18. The Morgan fingerprint density at radius 3 is 2.38 bits per heavy atom. The molecule has 4 heteroatoms. The molecule has 1 aromatic carbocycles. The molecule has 0 aliphatic rings.